The fourth-order valence-electron chi connectivity index (χ4n) is 3.87. The predicted molar refractivity (Wildman–Crippen MR) is 112 cm³/mol. The molecule has 0 saturated carbocycles. The van der Waals surface area contributed by atoms with Crippen LogP contribution in [0.3, 0.4) is 0 Å². The molecule has 2 heterocycles. The molecule has 2 aromatic carbocycles. The van der Waals surface area contributed by atoms with Crippen molar-refractivity contribution in [2.45, 2.75) is 30.2 Å². The van der Waals surface area contributed by atoms with E-state index in [4.69, 9.17) is 9.47 Å². The number of benzene rings is 2. The number of anilines is 1. The van der Waals surface area contributed by atoms with Crippen molar-refractivity contribution >= 4 is 23.4 Å². The van der Waals surface area contributed by atoms with E-state index in [0.717, 1.165) is 47.9 Å². The topological polar surface area (TPSA) is 50.8 Å². The van der Waals surface area contributed by atoms with Crippen LogP contribution in [0.4, 0.5) is 5.69 Å². The highest BCUT2D eigenvalue weighted by atomic mass is 32.2. The molecule has 148 valence electrons. The Bertz CT molecular complexity index is 842. The molecule has 1 fully saturated rings. The fourth-order valence-corrected chi connectivity index (χ4v) is 4.33. The highest BCUT2D eigenvalue weighted by Crippen LogP contribution is 2.37. The zero-order valence-corrected chi connectivity index (χ0v) is 17.0. The molecule has 0 bridgehead atoms. The first-order chi connectivity index (χ1) is 13.7. The van der Waals surface area contributed by atoms with Crippen LogP contribution in [0.15, 0.2) is 47.4 Å². The average Bonchev–Trinajstić information content (AvgIpc) is 3.03. The summed E-state index contributed by atoms with van der Waals surface area (Å²) >= 11 is 1.67. The maximum atomic E-state index is 12.6. The SMILES string of the molecule is CSc1cccc(NC(=O)CN2CCCC2c2ccc3c(c2)OCCCO3)c1. The van der Waals surface area contributed by atoms with E-state index in [9.17, 15) is 4.79 Å². The minimum absolute atomic E-state index is 0.0273. The highest BCUT2D eigenvalue weighted by Gasteiger charge is 2.28. The first-order valence-corrected chi connectivity index (χ1v) is 11.0. The molecule has 6 heteroatoms. The molecule has 2 aliphatic heterocycles. The van der Waals surface area contributed by atoms with Gasteiger partial charge in [0.15, 0.2) is 11.5 Å². The van der Waals surface area contributed by atoms with Gasteiger partial charge in [-0.2, -0.15) is 0 Å². The molecule has 0 aliphatic carbocycles. The van der Waals surface area contributed by atoms with Crippen LogP contribution < -0.4 is 14.8 Å². The minimum Gasteiger partial charge on any atom is -0.490 e. The normalized spacial score (nSPS) is 19.2. The van der Waals surface area contributed by atoms with E-state index in [-0.39, 0.29) is 11.9 Å². The zero-order chi connectivity index (χ0) is 19.3. The lowest BCUT2D eigenvalue weighted by Gasteiger charge is -2.25. The van der Waals surface area contributed by atoms with E-state index in [1.807, 2.05) is 36.6 Å². The van der Waals surface area contributed by atoms with Gasteiger partial charge in [0.2, 0.25) is 5.91 Å². The summed E-state index contributed by atoms with van der Waals surface area (Å²) in [6, 6.07) is 14.4. The Morgan fingerprint density at radius 2 is 2.00 bits per heavy atom. The zero-order valence-electron chi connectivity index (χ0n) is 16.1. The lowest BCUT2D eigenvalue weighted by molar-refractivity contribution is -0.117. The summed E-state index contributed by atoms with van der Waals surface area (Å²) in [5.41, 5.74) is 2.04. The molecule has 1 unspecified atom stereocenters. The Labute approximate surface area is 170 Å². The minimum atomic E-state index is 0.0273. The van der Waals surface area contributed by atoms with Crippen LogP contribution in [-0.2, 0) is 4.79 Å². The smallest absolute Gasteiger partial charge is 0.238 e. The molecule has 28 heavy (non-hydrogen) atoms. The van der Waals surface area contributed by atoms with Gasteiger partial charge in [0, 0.05) is 23.0 Å². The van der Waals surface area contributed by atoms with Crippen molar-refractivity contribution in [3.8, 4) is 11.5 Å². The highest BCUT2D eigenvalue weighted by molar-refractivity contribution is 7.98. The summed E-state index contributed by atoms with van der Waals surface area (Å²) in [4.78, 5) is 16.0. The van der Waals surface area contributed by atoms with Gasteiger partial charge >= 0.3 is 0 Å². The largest absolute Gasteiger partial charge is 0.490 e. The number of nitrogens with zero attached hydrogens (tertiary/aromatic N) is 1. The summed E-state index contributed by atoms with van der Waals surface area (Å²) < 4.78 is 11.6. The predicted octanol–water partition coefficient (Wildman–Crippen LogP) is 4.35. The number of carbonyl (C=O) groups excluding carboxylic acids is 1. The first kappa shape index (κ1) is 19.2. The molecule has 0 radical (unpaired) electrons. The second kappa shape index (κ2) is 8.88. The molecule has 2 aliphatic rings. The Morgan fingerprint density at radius 3 is 2.86 bits per heavy atom. The van der Waals surface area contributed by atoms with Gasteiger partial charge < -0.3 is 14.8 Å². The Hall–Kier alpha value is -2.18. The van der Waals surface area contributed by atoms with E-state index in [1.54, 1.807) is 11.8 Å². The van der Waals surface area contributed by atoms with Gasteiger partial charge in [0.1, 0.15) is 0 Å². The van der Waals surface area contributed by atoms with Crippen LogP contribution in [-0.4, -0.2) is 43.4 Å². The lowest BCUT2D eigenvalue weighted by atomic mass is 10.0. The maximum Gasteiger partial charge on any atom is 0.238 e. The number of likely N-dealkylation sites (tertiary alicyclic amines) is 1. The lowest BCUT2D eigenvalue weighted by Crippen LogP contribution is -2.32. The van der Waals surface area contributed by atoms with E-state index in [2.05, 4.69) is 22.3 Å². The number of hydrogen-bond donors (Lipinski definition) is 1. The quantitative estimate of drug-likeness (QED) is 0.759. The van der Waals surface area contributed by atoms with Crippen LogP contribution in [0.2, 0.25) is 0 Å². The number of fused-ring (bicyclic) bond motifs is 1. The van der Waals surface area contributed by atoms with Crippen LogP contribution in [0.1, 0.15) is 30.9 Å². The number of ether oxygens (including phenoxy) is 2. The molecule has 4 rings (SSSR count). The molecule has 5 nitrogen and oxygen atoms in total. The summed E-state index contributed by atoms with van der Waals surface area (Å²) in [5, 5.41) is 3.04. The number of thioether (sulfide) groups is 1. The average molecular weight is 399 g/mol. The van der Waals surface area contributed by atoms with Crippen LogP contribution in [0.5, 0.6) is 11.5 Å². The number of nitrogens with one attached hydrogen (secondary N) is 1. The number of carbonyl (C=O) groups is 1. The van der Waals surface area contributed by atoms with Crippen LogP contribution >= 0.6 is 11.8 Å². The molecule has 0 aromatic heterocycles. The molecule has 0 spiro atoms. The fraction of sp³-hybridized carbons (Fsp3) is 0.409. The third-order valence-electron chi connectivity index (χ3n) is 5.22. The summed E-state index contributed by atoms with van der Waals surface area (Å²) in [6.07, 6.45) is 5.08. The van der Waals surface area contributed by atoms with E-state index in [0.29, 0.717) is 19.8 Å². The Balaban J connectivity index is 1.43. The van der Waals surface area contributed by atoms with E-state index >= 15 is 0 Å². The summed E-state index contributed by atoms with van der Waals surface area (Å²) in [7, 11) is 0. The summed E-state index contributed by atoms with van der Waals surface area (Å²) in [6.45, 7) is 2.70. The standard InChI is InChI=1S/C22H26N2O3S/c1-28-18-6-2-5-17(14-18)23-22(25)15-24-10-3-7-19(24)16-8-9-20-21(13-16)27-12-4-11-26-20/h2,5-6,8-9,13-14,19H,3-4,7,10-12,15H2,1H3,(H,23,25). The van der Waals surface area contributed by atoms with Gasteiger partial charge in [-0.25, -0.2) is 0 Å². The van der Waals surface area contributed by atoms with Crippen molar-refractivity contribution in [1.29, 1.82) is 0 Å². The molecule has 1 amide bonds. The van der Waals surface area contributed by atoms with Crippen LogP contribution in [0.25, 0.3) is 0 Å². The maximum absolute atomic E-state index is 12.6. The third kappa shape index (κ3) is 4.45. The molecule has 1 saturated heterocycles. The molecule has 2 aromatic rings. The van der Waals surface area contributed by atoms with Gasteiger partial charge in [0.05, 0.1) is 19.8 Å². The van der Waals surface area contributed by atoms with Crippen molar-refractivity contribution in [1.82, 2.24) is 4.90 Å². The van der Waals surface area contributed by atoms with Crippen molar-refractivity contribution in [2.24, 2.45) is 0 Å². The van der Waals surface area contributed by atoms with Crippen molar-refractivity contribution in [3.05, 3.63) is 48.0 Å². The number of hydrogen-bond acceptors (Lipinski definition) is 5. The molecule has 1 atom stereocenters. The van der Waals surface area contributed by atoms with Crippen molar-refractivity contribution in [3.63, 3.8) is 0 Å². The van der Waals surface area contributed by atoms with Gasteiger partial charge in [0.25, 0.3) is 0 Å². The Morgan fingerprint density at radius 1 is 1.14 bits per heavy atom. The molecule has 1 N–H and O–H groups in total. The van der Waals surface area contributed by atoms with Gasteiger partial charge in [-0.1, -0.05) is 12.1 Å². The monoisotopic (exact) mass is 398 g/mol. The Kier molecular flexibility index (Phi) is 6.07. The number of rotatable bonds is 5. The van der Waals surface area contributed by atoms with E-state index < -0.39 is 0 Å². The van der Waals surface area contributed by atoms with E-state index in [1.165, 1.54) is 5.56 Å². The second-order valence-electron chi connectivity index (χ2n) is 7.17. The van der Waals surface area contributed by atoms with Gasteiger partial charge in [-0.15, -0.1) is 11.8 Å². The second-order valence-corrected chi connectivity index (χ2v) is 8.04. The molecular weight excluding hydrogens is 372 g/mol. The van der Waals surface area contributed by atoms with Crippen molar-refractivity contribution < 1.29 is 14.3 Å². The van der Waals surface area contributed by atoms with Crippen molar-refractivity contribution in [2.75, 3.05) is 37.9 Å². The summed E-state index contributed by atoms with van der Waals surface area (Å²) in [5.74, 6) is 1.66. The van der Waals surface area contributed by atoms with Crippen LogP contribution in [0, 0.1) is 0 Å². The molecular formula is C22H26N2O3S. The third-order valence-corrected chi connectivity index (χ3v) is 5.95. The first-order valence-electron chi connectivity index (χ1n) is 9.80. The van der Waals surface area contributed by atoms with Gasteiger partial charge in [-0.05, 0) is 61.5 Å². The van der Waals surface area contributed by atoms with Gasteiger partial charge in [-0.3, -0.25) is 9.69 Å². The number of amides is 1.